The Bertz CT molecular complexity index is 1150. The molecule has 0 fully saturated rings. The fourth-order valence-electron chi connectivity index (χ4n) is 4.62. The van der Waals surface area contributed by atoms with Crippen molar-refractivity contribution >= 4 is 11.7 Å². The van der Waals surface area contributed by atoms with Crippen molar-refractivity contribution in [2.45, 2.75) is 45.4 Å². The molecule has 1 aromatic heterocycles. The number of nitrogens with one attached hydrogen (secondary N) is 1. The smallest absolute Gasteiger partial charge is 0.254 e. The number of nitrogens with zero attached hydrogens (tertiary/aromatic N) is 2. The number of fused-ring (bicyclic) bond motifs is 2. The maximum atomic E-state index is 14.9. The topological polar surface area (TPSA) is 54.5 Å². The van der Waals surface area contributed by atoms with Gasteiger partial charge in [-0.15, -0.1) is 0 Å². The summed E-state index contributed by atoms with van der Waals surface area (Å²) in [5.41, 5.74) is 4.92. The van der Waals surface area contributed by atoms with E-state index < -0.39 is 0 Å². The number of pyridine rings is 1. The number of rotatable bonds is 6. The maximum absolute atomic E-state index is 14.9. The van der Waals surface area contributed by atoms with Crippen LogP contribution in [0, 0.1) is 5.82 Å². The number of hydrogen-bond acceptors (Lipinski definition) is 4. The van der Waals surface area contributed by atoms with Crippen LogP contribution in [-0.2, 0) is 19.4 Å². The highest BCUT2D eigenvalue weighted by molar-refractivity contribution is 5.99. The van der Waals surface area contributed by atoms with E-state index in [2.05, 4.69) is 22.4 Å². The van der Waals surface area contributed by atoms with Gasteiger partial charge in [-0.05, 0) is 48.7 Å². The Balaban J connectivity index is 1.29. The highest BCUT2D eigenvalue weighted by Crippen LogP contribution is 2.32. The number of carbonyl (C=O) groups is 1. The number of amides is 1. The molecule has 0 saturated carbocycles. The lowest BCUT2D eigenvalue weighted by Gasteiger charge is -2.19. The minimum Gasteiger partial charge on any atom is -0.487 e. The van der Waals surface area contributed by atoms with Gasteiger partial charge in [-0.1, -0.05) is 30.3 Å². The fourth-order valence-corrected chi connectivity index (χ4v) is 4.62. The van der Waals surface area contributed by atoms with Crippen LogP contribution in [0.4, 0.5) is 10.2 Å². The molecule has 6 heteroatoms. The van der Waals surface area contributed by atoms with Gasteiger partial charge in [0.05, 0.1) is 12.6 Å². The van der Waals surface area contributed by atoms with E-state index in [9.17, 15) is 9.18 Å². The molecular weight excluding hydrogens is 405 g/mol. The van der Waals surface area contributed by atoms with E-state index in [1.54, 1.807) is 23.2 Å². The van der Waals surface area contributed by atoms with Crippen molar-refractivity contribution in [2.24, 2.45) is 0 Å². The molecule has 1 amide bonds. The summed E-state index contributed by atoms with van der Waals surface area (Å²) in [6.07, 6.45) is 3.20. The summed E-state index contributed by atoms with van der Waals surface area (Å²) in [5, 5.41) is 3.36. The van der Waals surface area contributed by atoms with Crippen molar-refractivity contribution in [2.75, 3.05) is 11.9 Å². The van der Waals surface area contributed by atoms with E-state index >= 15 is 0 Å². The largest absolute Gasteiger partial charge is 0.487 e. The lowest BCUT2D eigenvalue weighted by atomic mass is 10.1. The summed E-state index contributed by atoms with van der Waals surface area (Å²) in [4.78, 5) is 18.7. The number of anilines is 1. The average Bonchev–Trinajstić information content (AvgIpc) is 3.36. The Labute approximate surface area is 187 Å². The number of hydrogen-bond donors (Lipinski definition) is 1. The molecule has 32 heavy (non-hydrogen) atoms. The van der Waals surface area contributed by atoms with Gasteiger partial charge in [-0.25, -0.2) is 9.37 Å². The minimum absolute atomic E-state index is 0.0298. The Morgan fingerprint density at radius 2 is 1.94 bits per heavy atom. The highest BCUT2D eigenvalue weighted by atomic mass is 19.1. The van der Waals surface area contributed by atoms with E-state index in [1.165, 1.54) is 17.2 Å². The van der Waals surface area contributed by atoms with E-state index in [-0.39, 0.29) is 29.6 Å². The number of carbonyl (C=O) groups excluding carboxylic acids is 1. The molecule has 0 radical (unpaired) electrons. The Morgan fingerprint density at radius 1 is 1.19 bits per heavy atom. The van der Waals surface area contributed by atoms with Gasteiger partial charge in [0, 0.05) is 36.7 Å². The maximum Gasteiger partial charge on any atom is 0.254 e. The first-order chi connectivity index (χ1) is 15.5. The average molecular weight is 432 g/mol. The van der Waals surface area contributed by atoms with Crippen molar-refractivity contribution in [3.63, 3.8) is 0 Å². The molecule has 2 aliphatic rings. The molecule has 2 aromatic carbocycles. The van der Waals surface area contributed by atoms with Crippen molar-refractivity contribution < 1.29 is 13.9 Å². The van der Waals surface area contributed by atoms with Crippen molar-refractivity contribution in [3.05, 3.63) is 88.4 Å². The number of ether oxygens (including phenoxy) is 1. The zero-order valence-electron chi connectivity index (χ0n) is 18.3. The highest BCUT2D eigenvalue weighted by Gasteiger charge is 2.29. The Kier molecular flexibility index (Phi) is 5.29. The molecule has 1 aliphatic carbocycles. The second-order valence-corrected chi connectivity index (χ2v) is 8.48. The first-order valence-corrected chi connectivity index (χ1v) is 11.1. The third-order valence-corrected chi connectivity index (χ3v) is 6.42. The van der Waals surface area contributed by atoms with Crippen LogP contribution in [0.15, 0.2) is 54.7 Å². The van der Waals surface area contributed by atoms with Crippen LogP contribution in [0.3, 0.4) is 0 Å². The molecule has 1 N–H and O–H groups in total. The normalized spacial score (nSPS) is 16.1. The molecule has 3 aromatic rings. The quantitative estimate of drug-likeness (QED) is 0.602. The first-order valence-electron chi connectivity index (χ1n) is 11.1. The molecule has 164 valence electrons. The minimum atomic E-state index is -0.370. The van der Waals surface area contributed by atoms with E-state index in [4.69, 9.17) is 4.74 Å². The molecule has 1 atom stereocenters. The molecule has 0 saturated heterocycles. The number of aromatic nitrogens is 1. The summed E-state index contributed by atoms with van der Waals surface area (Å²) in [6.45, 7) is 5.11. The lowest BCUT2D eigenvalue weighted by Crippen LogP contribution is -2.22. The van der Waals surface area contributed by atoms with Crippen LogP contribution in [0.1, 0.15) is 52.5 Å². The van der Waals surface area contributed by atoms with Crippen LogP contribution in [0.5, 0.6) is 5.75 Å². The van der Waals surface area contributed by atoms with Crippen LogP contribution in [0.25, 0.3) is 0 Å². The first kappa shape index (κ1) is 20.5. The Hall–Kier alpha value is -3.41. The predicted octanol–water partition coefficient (Wildman–Crippen LogP) is 4.92. The van der Waals surface area contributed by atoms with Crippen molar-refractivity contribution in [1.29, 1.82) is 0 Å². The zero-order chi connectivity index (χ0) is 22.2. The van der Waals surface area contributed by atoms with Crippen molar-refractivity contribution in [1.82, 2.24) is 9.88 Å². The van der Waals surface area contributed by atoms with Crippen LogP contribution >= 0.6 is 0 Å². The molecule has 5 rings (SSSR count). The summed E-state index contributed by atoms with van der Waals surface area (Å²) in [5.74, 6) is 0.610. The van der Waals surface area contributed by atoms with Crippen LogP contribution in [0.2, 0.25) is 0 Å². The molecular formula is C26H26FN3O2. The van der Waals surface area contributed by atoms with Gasteiger partial charge in [0.1, 0.15) is 11.9 Å². The van der Waals surface area contributed by atoms with Gasteiger partial charge in [0.2, 0.25) is 0 Å². The van der Waals surface area contributed by atoms with Gasteiger partial charge in [0.25, 0.3) is 5.91 Å². The molecule has 0 unspecified atom stereocenters. The molecule has 2 heterocycles. The standard InChI is InChI=1S/C26H26FN3O2/c1-3-30-15-22-21(26(30)31)10-11-28-25(22)29-16(2)17-8-9-24(23(27)14-17)32-20-12-18-6-4-5-7-19(18)13-20/h4-11,14,16,20H,3,12-13,15H2,1-2H3,(H,28,29)/t16-/m0/s1. The molecule has 5 nitrogen and oxygen atoms in total. The second kappa shape index (κ2) is 8.26. The van der Waals surface area contributed by atoms with Crippen LogP contribution < -0.4 is 10.1 Å². The second-order valence-electron chi connectivity index (χ2n) is 8.48. The van der Waals surface area contributed by atoms with Crippen LogP contribution in [-0.4, -0.2) is 28.4 Å². The Morgan fingerprint density at radius 3 is 2.62 bits per heavy atom. The van der Waals surface area contributed by atoms with Gasteiger partial charge in [-0.3, -0.25) is 4.79 Å². The summed E-state index contributed by atoms with van der Waals surface area (Å²) in [6, 6.07) is 14.9. The van der Waals surface area contributed by atoms with E-state index in [1.807, 2.05) is 32.0 Å². The van der Waals surface area contributed by atoms with Gasteiger partial charge < -0.3 is 15.0 Å². The van der Waals surface area contributed by atoms with Gasteiger partial charge in [-0.2, -0.15) is 0 Å². The van der Waals surface area contributed by atoms with Gasteiger partial charge >= 0.3 is 0 Å². The summed E-state index contributed by atoms with van der Waals surface area (Å²) in [7, 11) is 0. The molecule has 0 bridgehead atoms. The number of benzene rings is 2. The molecule has 1 aliphatic heterocycles. The molecule has 0 spiro atoms. The van der Waals surface area contributed by atoms with Crippen molar-refractivity contribution in [3.8, 4) is 5.75 Å². The zero-order valence-corrected chi connectivity index (χ0v) is 18.3. The van der Waals surface area contributed by atoms with Gasteiger partial charge in [0.15, 0.2) is 11.6 Å². The number of halogens is 1. The third-order valence-electron chi connectivity index (χ3n) is 6.42. The third kappa shape index (κ3) is 3.70. The van der Waals surface area contributed by atoms with E-state index in [0.717, 1.165) is 24.0 Å². The lowest BCUT2D eigenvalue weighted by molar-refractivity contribution is 0.0787. The SMILES string of the molecule is CCN1Cc2c(ccnc2N[C@@H](C)c2ccc(OC3Cc4ccccc4C3)c(F)c2)C1=O. The predicted molar refractivity (Wildman–Crippen MR) is 121 cm³/mol. The van der Waals surface area contributed by atoms with E-state index in [0.29, 0.717) is 24.5 Å². The fraction of sp³-hybridized carbons (Fsp3) is 0.308. The monoisotopic (exact) mass is 431 g/mol. The summed E-state index contributed by atoms with van der Waals surface area (Å²) >= 11 is 0. The summed E-state index contributed by atoms with van der Waals surface area (Å²) < 4.78 is 20.9.